The fraction of sp³-hybridized carbons (Fsp3) is 0.800. The molecule has 1 aliphatic rings. The van der Waals surface area contributed by atoms with Crippen LogP contribution in [0.2, 0.25) is 0 Å². The van der Waals surface area contributed by atoms with Crippen molar-refractivity contribution >= 4 is 0 Å². The molecule has 8 heavy (non-hydrogen) atoms. The second-order valence-electron chi connectivity index (χ2n) is 2.15. The van der Waals surface area contributed by atoms with Crippen LogP contribution in [0.15, 0.2) is 10.2 Å². The van der Waals surface area contributed by atoms with Crippen LogP contribution in [0.1, 0.15) is 13.8 Å². The van der Waals surface area contributed by atoms with Gasteiger partial charge in [-0.25, -0.2) is 0 Å². The molecular formula is C5H7N3. The van der Waals surface area contributed by atoms with Gasteiger partial charge in [0.15, 0.2) is 5.54 Å². The number of azo groups is 1. The normalized spacial score (nSPS) is 42.9. The minimum Gasteiger partial charge on any atom is -0.195 e. The smallest absolute Gasteiger partial charge is 0.188 e. The lowest BCUT2D eigenvalue weighted by Gasteiger charge is -2.26. The Bertz CT molecular complexity index is 167. The first-order chi connectivity index (χ1) is 3.69. The minimum absolute atomic E-state index is 0.0903. The lowest BCUT2D eigenvalue weighted by atomic mass is 9.95. The van der Waals surface area contributed by atoms with Gasteiger partial charge >= 0.3 is 0 Å². The highest BCUT2D eigenvalue weighted by Gasteiger charge is 2.38. The van der Waals surface area contributed by atoms with Gasteiger partial charge in [-0.1, -0.05) is 0 Å². The van der Waals surface area contributed by atoms with Crippen LogP contribution in [0.4, 0.5) is 0 Å². The summed E-state index contributed by atoms with van der Waals surface area (Å²) in [5, 5.41) is 15.8. The van der Waals surface area contributed by atoms with Gasteiger partial charge in [0.1, 0.15) is 6.04 Å². The van der Waals surface area contributed by atoms with Gasteiger partial charge in [-0.05, 0) is 13.8 Å². The van der Waals surface area contributed by atoms with Crippen molar-refractivity contribution in [3.8, 4) is 6.07 Å². The molecule has 0 aromatic heterocycles. The van der Waals surface area contributed by atoms with Gasteiger partial charge < -0.3 is 0 Å². The monoisotopic (exact) mass is 109 g/mol. The highest BCUT2D eigenvalue weighted by atomic mass is 15.3. The molecule has 0 amide bonds. The first-order valence-electron chi connectivity index (χ1n) is 2.52. The fourth-order valence-electron chi connectivity index (χ4n) is 0.462. The molecule has 0 saturated heterocycles. The van der Waals surface area contributed by atoms with Gasteiger partial charge in [-0.3, -0.25) is 0 Å². The quantitative estimate of drug-likeness (QED) is 0.459. The molecular weight excluding hydrogens is 102 g/mol. The van der Waals surface area contributed by atoms with Gasteiger partial charge in [0, 0.05) is 0 Å². The summed E-state index contributed by atoms with van der Waals surface area (Å²) in [7, 11) is 0. The van der Waals surface area contributed by atoms with Gasteiger partial charge in [0.25, 0.3) is 0 Å². The highest BCUT2D eigenvalue weighted by Crippen LogP contribution is 2.26. The molecule has 42 valence electrons. The zero-order valence-corrected chi connectivity index (χ0v) is 4.92. The first kappa shape index (κ1) is 5.23. The van der Waals surface area contributed by atoms with Crippen LogP contribution in [0, 0.1) is 11.3 Å². The lowest BCUT2D eigenvalue weighted by molar-refractivity contribution is 0.366. The third-order valence-corrected chi connectivity index (χ3v) is 1.48. The summed E-state index contributed by atoms with van der Waals surface area (Å²) in [4.78, 5) is 0. The maximum Gasteiger partial charge on any atom is 0.188 e. The second kappa shape index (κ2) is 1.28. The van der Waals surface area contributed by atoms with Crippen molar-refractivity contribution in [1.29, 1.82) is 5.26 Å². The Balaban J connectivity index is 2.78. The zero-order chi connectivity index (χ0) is 6.20. The lowest BCUT2D eigenvalue weighted by Crippen LogP contribution is -2.38. The van der Waals surface area contributed by atoms with Crippen molar-refractivity contribution in [2.75, 3.05) is 0 Å². The van der Waals surface area contributed by atoms with Gasteiger partial charge in [-0.15, -0.1) is 0 Å². The van der Waals surface area contributed by atoms with E-state index in [-0.39, 0.29) is 6.04 Å². The Kier molecular flexibility index (Phi) is 0.839. The summed E-state index contributed by atoms with van der Waals surface area (Å²) < 4.78 is 0. The predicted molar refractivity (Wildman–Crippen MR) is 28.3 cm³/mol. The molecule has 1 rings (SSSR count). The Morgan fingerprint density at radius 1 is 1.75 bits per heavy atom. The van der Waals surface area contributed by atoms with E-state index in [0.29, 0.717) is 0 Å². The average Bonchev–Trinajstić information content (AvgIpc) is 1.83. The predicted octanol–water partition coefficient (Wildman–Crippen LogP) is 1.12. The van der Waals surface area contributed by atoms with E-state index in [4.69, 9.17) is 5.26 Å². The highest BCUT2D eigenvalue weighted by molar-refractivity contribution is 5.13. The standard InChI is InChI=1S/C5H7N3/c1-4-5(2,3-6)8-7-4/h4H,1-2H3. The minimum atomic E-state index is -0.514. The van der Waals surface area contributed by atoms with E-state index in [2.05, 4.69) is 16.3 Å². The number of hydrogen-bond acceptors (Lipinski definition) is 3. The molecule has 3 heteroatoms. The molecule has 0 fully saturated rings. The molecule has 0 N–H and O–H groups in total. The van der Waals surface area contributed by atoms with Crippen molar-refractivity contribution in [2.24, 2.45) is 10.2 Å². The topological polar surface area (TPSA) is 48.5 Å². The van der Waals surface area contributed by atoms with Gasteiger partial charge in [0.2, 0.25) is 0 Å². The van der Waals surface area contributed by atoms with Crippen molar-refractivity contribution in [2.45, 2.75) is 25.4 Å². The number of nitriles is 1. The SMILES string of the molecule is CC1N=NC1(C)C#N. The summed E-state index contributed by atoms with van der Waals surface area (Å²) in [6.45, 7) is 3.67. The average molecular weight is 109 g/mol. The van der Waals surface area contributed by atoms with Crippen molar-refractivity contribution in [3.05, 3.63) is 0 Å². The van der Waals surface area contributed by atoms with E-state index >= 15 is 0 Å². The molecule has 0 spiro atoms. The van der Waals surface area contributed by atoms with Crippen molar-refractivity contribution in [1.82, 2.24) is 0 Å². The molecule has 0 aliphatic carbocycles. The molecule has 2 unspecified atom stereocenters. The Morgan fingerprint density at radius 2 is 2.38 bits per heavy atom. The van der Waals surface area contributed by atoms with Crippen LogP contribution < -0.4 is 0 Å². The molecule has 0 saturated carbocycles. The van der Waals surface area contributed by atoms with E-state index in [9.17, 15) is 0 Å². The van der Waals surface area contributed by atoms with Crippen LogP contribution in [0.5, 0.6) is 0 Å². The molecule has 3 nitrogen and oxygen atoms in total. The maximum atomic E-state index is 8.41. The van der Waals surface area contributed by atoms with Crippen LogP contribution in [0.25, 0.3) is 0 Å². The molecule has 0 radical (unpaired) electrons. The third kappa shape index (κ3) is 0.429. The zero-order valence-electron chi connectivity index (χ0n) is 4.92. The maximum absolute atomic E-state index is 8.41. The summed E-state index contributed by atoms with van der Waals surface area (Å²) >= 11 is 0. The van der Waals surface area contributed by atoms with Gasteiger partial charge in [-0.2, -0.15) is 15.5 Å². The number of hydrogen-bond donors (Lipinski definition) is 0. The second-order valence-corrected chi connectivity index (χ2v) is 2.15. The van der Waals surface area contributed by atoms with E-state index in [1.807, 2.05) is 6.92 Å². The van der Waals surface area contributed by atoms with Crippen LogP contribution in [0.3, 0.4) is 0 Å². The Morgan fingerprint density at radius 3 is 2.38 bits per heavy atom. The van der Waals surface area contributed by atoms with Crippen molar-refractivity contribution < 1.29 is 0 Å². The van der Waals surface area contributed by atoms with E-state index in [1.54, 1.807) is 6.92 Å². The molecule has 0 bridgehead atoms. The van der Waals surface area contributed by atoms with E-state index < -0.39 is 5.54 Å². The third-order valence-electron chi connectivity index (χ3n) is 1.48. The Hall–Kier alpha value is -0.910. The van der Waals surface area contributed by atoms with Crippen LogP contribution >= 0.6 is 0 Å². The fourth-order valence-corrected chi connectivity index (χ4v) is 0.462. The largest absolute Gasteiger partial charge is 0.195 e. The molecule has 1 heterocycles. The first-order valence-corrected chi connectivity index (χ1v) is 2.52. The summed E-state index contributed by atoms with van der Waals surface area (Å²) in [6.07, 6.45) is 0. The number of nitrogens with zero attached hydrogens (tertiary/aromatic N) is 3. The van der Waals surface area contributed by atoms with Crippen LogP contribution in [-0.2, 0) is 0 Å². The Labute approximate surface area is 48.0 Å². The molecule has 2 atom stereocenters. The van der Waals surface area contributed by atoms with Crippen molar-refractivity contribution in [3.63, 3.8) is 0 Å². The summed E-state index contributed by atoms with van der Waals surface area (Å²) in [6, 6.07) is 2.16. The summed E-state index contributed by atoms with van der Waals surface area (Å²) in [5.74, 6) is 0. The molecule has 0 aromatic carbocycles. The summed E-state index contributed by atoms with van der Waals surface area (Å²) in [5.41, 5.74) is -0.514. The molecule has 1 aliphatic heterocycles. The molecule has 0 aromatic rings. The van der Waals surface area contributed by atoms with E-state index in [1.165, 1.54) is 0 Å². The van der Waals surface area contributed by atoms with Gasteiger partial charge in [0.05, 0.1) is 6.07 Å². The van der Waals surface area contributed by atoms with Crippen LogP contribution in [-0.4, -0.2) is 11.6 Å². The number of rotatable bonds is 0. The van der Waals surface area contributed by atoms with E-state index in [0.717, 1.165) is 0 Å².